The average molecular weight is 210 g/mol. The first-order valence-electron chi connectivity index (χ1n) is 3.13. The van der Waals surface area contributed by atoms with E-state index in [1.165, 1.54) is 0 Å². The van der Waals surface area contributed by atoms with Crippen LogP contribution in [0.2, 0.25) is 5.02 Å². The van der Waals surface area contributed by atoms with Crippen molar-refractivity contribution >= 4 is 17.9 Å². The van der Waals surface area contributed by atoms with Crippen LogP contribution in [0.4, 0.5) is 13.2 Å². The second kappa shape index (κ2) is 3.33. The first-order chi connectivity index (χ1) is 5.95. The number of pyridine rings is 1. The minimum Gasteiger partial charge on any atom is -0.296 e. The molecule has 1 heterocycles. The Hall–Kier alpha value is -1.10. The summed E-state index contributed by atoms with van der Waals surface area (Å²) in [6, 6.07) is 0.872. The lowest BCUT2D eigenvalue weighted by Crippen LogP contribution is -2.07. The normalized spacial score (nSPS) is 11.4. The van der Waals surface area contributed by atoms with E-state index in [1.807, 2.05) is 0 Å². The van der Waals surface area contributed by atoms with Gasteiger partial charge in [-0.3, -0.25) is 9.78 Å². The molecule has 0 fully saturated rings. The van der Waals surface area contributed by atoms with Crippen molar-refractivity contribution in [1.82, 2.24) is 4.98 Å². The number of nitrogens with zero attached hydrogens (tertiary/aromatic N) is 1. The zero-order chi connectivity index (χ0) is 10.1. The fourth-order valence-electron chi connectivity index (χ4n) is 0.719. The average Bonchev–Trinajstić information content (AvgIpc) is 2.01. The van der Waals surface area contributed by atoms with Crippen molar-refractivity contribution in [2.45, 2.75) is 6.18 Å². The van der Waals surface area contributed by atoms with E-state index in [1.54, 1.807) is 0 Å². The van der Waals surface area contributed by atoms with E-state index in [2.05, 4.69) is 4.98 Å². The van der Waals surface area contributed by atoms with Crippen LogP contribution in [0, 0.1) is 0 Å². The summed E-state index contributed by atoms with van der Waals surface area (Å²) < 4.78 is 36.2. The van der Waals surface area contributed by atoms with Gasteiger partial charge in [-0.2, -0.15) is 13.2 Å². The molecule has 0 saturated heterocycles. The minimum absolute atomic E-state index is 0.127. The first-order valence-corrected chi connectivity index (χ1v) is 3.51. The number of rotatable bonds is 1. The lowest BCUT2D eigenvalue weighted by Gasteiger charge is -2.07. The number of aldehydes is 1. The lowest BCUT2D eigenvalue weighted by molar-refractivity contribution is -0.137. The second-order valence-electron chi connectivity index (χ2n) is 2.20. The van der Waals surface area contributed by atoms with Gasteiger partial charge < -0.3 is 0 Å². The van der Waals surface area contributed by atoms with Crippen molar-refractivity contribution in [2.75, 3.05) is 0 Å². The Kier molecular flexibility index (Phi) is 2.56. The van der Waals surface area contributed by atoms with E-state index < -0.39 is 16.8 Å². The second-order valence-corrected chi connectivity index (χ2v) is 2.61. The van der Waals surface area contributed by atoms with Crippen LogP contribution in [0.3, 0.4) is 0 Å². The summed E-state index contributed by atoms with van der Waals surface area (Å²) in [5.41, 5.74) is -1.17. The van der Waals surface area contributed by atoms with Crippen molar-refractivity contribution in [2.24, 2.45) is 0 Å². The first kappa shape index (κ1) is 9.98. The van der Waals surface area contributed by atoms with Crippen LogP contribution in [0.5, 0.6) is 0 Å². The summed E-state index contributed by atoms with van der Waals surface area (Å²) >= 11 is 5.27. The highest BCUT2D eigenvalue weighted by atomic mass is 35.5. The molecule has 0 aliphatic heterocycles. The Balaban J connectivity index is 3.20. The van der Waals surface area contributed by atoms with E-state index in [4.69, 9.17) is 11.6 Å². The summed E-state index contributed by atoms with van der Waals surface area (Å²) in [6.45, 7) is 0. The van der Waals surface area contributed by atoms with Crippen LogP contribution in [-0.2, 0) is 6.18 Å². The van der Waals surface area contributed by atoms with Gasteiger partial charge in [0.05, 0.1) is 10.6 Å². The number of halogens is 4. The molecule has 0 saturated carbocycles. The fraction of sp³-hybridized carbons (Fsp3) is 0.143. The molecule has 0 bridgehead atoms. The van der Waals surface area contributed by atoms with Gasteiger partial charge in [-0.1, -0.05) is 11.6 Å². The Morgan fingerprint density at radius 3 is 2.46 bits per heavy atom. The maximum absolute atomic E-state index is 12.1. The molecule has 2 nitrogen and oxygen atoms in total. The van der Waals surface area contributed by atoms with Gasteiger partial charge in [0.2, 0.25) is 0 Å². The predicted molar refractivity (Wildman–Crippen MR) is 39.6 cm³/mol. The molecule has 1 rings (SSSR count). The monoisotopic (exact) mass is 209 g/mol. The third-order valence-electron chi connectivity index (χ3n) is 1.30. The maximum atomic E-state index is 12.1. The van der Waals surface area contributed by atoms with Crippen LogP contribution < -0.4 is 0 Å². The van der Waals surface area contributed by atoms with Crippen LogP contribution in [0.25, 0.3) is 0 Å². The number of carbonyl (C=O) groups excluding carboxylic acids is 1. The maximum Gasteiger partial charge on any atom is 0.419 e. The molecule has 0 aliphatic rings. The van der Waals surface area contributed by atoms with Gasteiger partial charge in [-0.15, -0.1) is 0 Å². The molecule has 13 heavy (non-hydrogen) atoms. The molecule has 0 unspecified atom stereocenters. The zero-order valence-corrected chi connectivity index (χ0v) is 6.86. The van der Waals surface area contributed by atoms with Gasteiger partial charge >= 0.3 is 6.18 Å². The highest BCUT2D eigenvalue weighted by molar-refractivity contribution is 6.31. The summed E-state index contributed by atoms with van der Waals surface area (Å²) in [4.78, 5) is 13.4. The van der Waals surface area contributed by atoms with Gasteiger partial charge in [0.15, 0.2) is 6.29 Å². The zero-order valence-electron chi connectivity index (χ0n) is 6.10. The van der Waals surface area contributed by atoms with Crippen LogP contribution in [-0.4, -0.2) is 11.3 Å². The number of hydrogen-bond donors (Lipinski definition) is 0. The molecule has 0 atom stereocenters. The largest absolute Gasteiger partial charge is 0.419 e. The Labute approximate surface area is 76.3 Å². The van der Waals surface area contributed by atoms with Crippen molar-refractivity contribution in [3.05, 3.63) is 28.5 Å². The van der Waals surface area contributed by atoms with Crippen LogP contribution in [0.1, 0.15) is 16.1 Å². The molecule has 0 spiro atoms. The van der Waals surface area contributed by atoms with Gasteiger partial charge in [-0.25, -0.2) is 0 Å². The molecule has 6 heteroatoms. The molecule has 0 amide bonds. The Morgan fingerprint density at radius 1 is 1.46 bits per heavy atom. The Bertz CT molecular complexity index is 337. The Morgan fingerprint density at radius 2 is 2.08 bits per heavy atom. The quantitative estimate of drug-likeness (QED) is 0.666. The molecule has 1 aromatic heterocycles. The van der Waals surface area contributed by atoms with Crippen LogP contribution >= 0.6 is 11.6 Å². The number of alkyl halides is 3. The highest BCUT2D eigenvalue weighted by Crippen LogP contribution is 2.33. The summed E-state index contributed by atoms with van der Waals surface area (Å²) in [5, 5.41) is -0.524. The molecule has 0 radical (unpaired) electrons. The summed E-state index contributed by atoms with van der Waals surface area (Å²) in [6.07, 6.45) is -3.68. The number of aromatic nitrogens is 1. The predicted octanol–water partition coefficient (Wildman–Crippen LogP) is 2.57. The summed E-state index contributed by atoms with van der Waals surface area (Å²) in [7, 11) is 0. The topological polar surface area (TPSA) is 30.0 Å². The minimum atomic E-state index is -4.54. The SMILES string of the molecule is O=Cc1cc(Cl)c(C(F)(F)F)cn1. The molecule has 0 N–H and O–H groups in total. The summed E-state index contributed by atoms with van der Waals surface area (Å²) in [5.74, 6) is 0. The molecular formula is C7H3ClF3NO. The third kappa shape index (κ3) is 2.18. The van der Waals surface area contributed by atoms with Crippen molar-refractivity contribution in [3.8, 4) is 0 Å². The third-order valence-corrected chi connectivity index (χ3v) is 1.61. The smallest absolute Gasteiger partial charge is 0.296 e. The molecule has 70 valence electrons. The van der Waals surface area contributed by atoms with E-state index in [9.17, 15) is 18.0 Å². The fourth-order valence-corrected chi connectivity index (χ4v) is 0.986. The van der Waals surface area contributed by atoms with Gasteiger partial charge in [0.1, 0.15) is 5.69 Å². The van der Waals surface area contributed by atoms with Crippen LogP contribution in [0.15, 0.2) is 12.3 Å². The van der Waals surface area contributed by atoms with E-state index in [0.717, 1.165) is 6.07 Å². The standard InChI is InChI=1S/C7H3ClF3NO/c8-6-1-4(3-13)12-2-5(6)7(9,10)11/h1-3H. The van der Waals surface area contributed by atoms with Crippen molar-refractivity contribution in [3.63, 3.8) is 0 Å². The molecule has 0 aromatic carbocycles. The number of carbonyl (C=O) groups is 1. The molecule has 0 aliphatic carbocycles. The van der Waals surface area contributed by atoms with Gasteiger partial charge in [0.25, 0.3) is 0 Å². The van der Waals surface area contributed by atoms with E-state index >= 15 is 0 Å². The highest BCUT2D eigenvalue weighted by Gasteiger charge is 2.33. The lowest BCUT2D eigenvalue weighted by atomic mass is 10.2. The van der Waals surface area contributed by atoms with Gasteiger partial charge in [-0.05, 0) is 6.07 Å². The van der Waals surface area contributed by atoms with E-state index in [0.29, 0.717) is 12.5 Å². The van der Waals surface area contributed by atoms with Crippen molar-refractivity contribution in [1.29, 1.82) is 0 Å². The molecular weight excluding hydrogens is 207 g/mol. The molecule has 1 aromatic rings. The van der Waals surface area contributed by atoms with E-state index in [-0.39, 0.29) is 5.69 Å². The van der Waals surface area contributed by atoms with Crippen molar-refractivity contribution < 1.29 is 18.0 Å². The number of hydrogen-bond acceptors (Lipinski definition) is 2. The van der Waals surface area contributed by atoms with Gasteiger partial charge in [0, 0.05) is 6.20 Å².